The zero-order valence-corrected chi connectivity index (χ0v) is 17.6. The Labute approximate surface area is 184 Å². The van der Waals surface area contributed by atoms with E-state index in [4.69, 9.17) is 15.5 Å². The van der Waals surface area contributed by atoms with E-state index < -0.39 is 5.41 Å². The predicted molar refractivity (Wildman–Crippen MR) is 118 cm³/mol. The minimum absolute atomic E-state index is 0.265. The molecule has 3 aromatic heterocycles. The van der Waals surface area contributed by atoms with Crippen LogP contribution in [-0.4, -0.2) is 44.8 Å². The first-order chi connectivity index (χ1) is 15.6. The number of aromatic nitrogens is 5. The molecule has 1 aromatic carbocycles. The van der Waals surface area contributed by atoms with Crippen molar-refractivity contribution < 1.29 is 4.74 Å². The molecule has 0 radical (unpaired) electrons. The lowest BCUT2D eigenvalue weighted by atomic mass is 9.71. The third-order valence-corrected chi connectivity index (χ3v) is 6.85. The molecule has 1 saturated heterocycles. The molecule has 4 aromatic rings. The fraction of sp³-hybridized carbons (Fsp3) is 0.348. The number of ether oxygens (including phenoxy) is 1. The summed E-state index contributed by atoms with van der Waals surface area (Å²) < 4.78 is 7.05. The predicted octanol–water partition coefficient (Wildman–Crippen LogP) is 2.29. The number of anilines is 1. The van der Waals surface area contributed by atoms with Gasteiger partial charge in [0.25, 0.3) is 0 Å². The van der Waals surface area contributed by atoms with Crippen molar-refractivity contribution in [2.24, 2.45) is 0 Å². The van der Waals surface area contributed by atoms with Gasteiger partial charge in [0.2, 0.25) is 5.95 Å². The van der Waals surface area contributed by atoms with Crippen LogP contribution in [-0.2, 0) is 5.41 Å². The molecule has 160 valence electrons. The second-order valence-electron chi connectivity index (χ2n) is 8.67. The Morgan fingerprint density at radius 1 is 1.19 bits per heavy atom. The number of fused-ring (bicyclic) bond motifs is 3. The van der Waals surface area contributed by atoms with Crippen LogP contribution < -0.4 is 15.8 Å². The minimum atomic E-state index is -0.472. The zero-order chi connectivity index (χ0) is 21.9. The summed E-state index contributed by atoms with van der Waals surface area (Å²) in [7, 11) is 1.62. The molecule has 6 rings (SSSR count). The molecule has 4 heterocycles. The molecule has 3 N–H and O–H groups in total. The average molecular weight is 426 g/mol. The second kappa shape index (κ2) is 6.87. The number of nitrogen functional groups attached to an aromatic ring is 1. The van der Waals surface area contributed by atoms with Gasteiger partial charge in [0, 0.05) is 30.6 Å². The van der Waals surface area contributed by atoms with Crippen LogP contribution in [0.1, 0.15) is 41.8 Å². The van der Waals surface area contributed by atoms with Gasteiger partial charge < -0.3 is 15.8 Å². The maximum absolute atomic E-state index is 9.50. The van der Waals surface area contributed by atoms with Gasteiger partial charge in [-0.15, -0.1) is 5.10 Å². The topological polar surface area (TPSA) is 127 Å². The molecule has 0 atom stereocenters. The van der Waals surface area contributed by atoms with Gasteiger partial charge >= 0.3 is 0 Å². The number of methoxy groups -OCH3 is 1. The fourth-order valence-electron chi connectivity index (χ4n) is 4.70. The summed E-state index contributed by atoms with van der Waals surface area (Å²) in [5, 5.41) is 18.2. The van der Waals surface area contributed by atoms with E-state index in [-0.39, 0.29) is 5.92 Å². The highest BCUT2D eigenvalue weighted by Gasteiger charge is 2.41. The summed E-state index contributed by atoms with van der Waals surface area (Å²) in [6.45, 7) is 1.33. The van der Waals surface area contributed by atoms with Gasteiger partial charge in [-0.25, -0.2) is 9.97 Å². The Kier molecular flexibility index (Phi) is 4.07. The Morgan fingerprint density at radius 2 is 2.03 bits per heavy atom. The molecule has 9 nitrogen and oxygen atoms in total. The van der Waals surface area contributed by atoms with Crippen molar-refractivity contribution in [2.45, 2.75) is 30.1 Å². The fourth-order valence-corrected chi connectivity index (χ4v) is 4.70. The number of pyridine rings is 1. The highest BCUT2D eigenvalue weighted by atomic mass is 16.5. The van der Waals surface area contributed by atoms with Crippen molar-refractivity contribution in [1.82, 2.24) is 29.9 Å². The van der Waals surface area contributed by atoms with Crippen LogP contribution >= 0.6 is 0 Å². The number of hydrogen-bond acceptors (Lipinski definition) is 8. The van der Waals surface area contributed by atoms with Crippen LogP contribution in [0.3, 0.4) is 0 Å². The first kappa shape index (κ1) is 19.0. The summed E-state index contributed by atoms with van der Waals surface area (Å²) in [6, 6.07) is 12.3. The number of rotatable bonds is 4. The summed E-state index contributed by atoms with van der Waals surface area (Å²) in [6.07, 6.45) is 3.83. The Bertz CT molecular complexity index is 1380. The molecule has 1 saturated carbocycles. The monoisotopic (exact) mass is 426 g/mol. The van der Waals surface area contributed by atoms with E-state index in [1.807, 2.05) is 30.5 Å². The van der Waals surface area contributed by atoms with Crippen LogP contribution in [0.15, 0.2) is 36.5 Å². The van der Waals surface area contributed by atoms with E-state index in [2.05, 4.69) is 32.5 Å². The molecule has 32 heavy (non-hydrogen) atoms. The van der Waals surface area contributed by atoms with Crippen molar-refractivity contribution in [3.05, 3.63) is 53.6 Å². The van der Waals surface area contributed by atoms with Crippen molar-refractivity contribution in [2.75, 3.05) is 25.9 Å². The van der Waals surface area contributed by atoms with Crippen molar-refractivity contribution in [3.8, 4) is 11.8 Å². The van der Waals surface area contributed by atoms with E-state index in [0.717, 1.165) is 29.7 Å². The average Bonchev–Trinajstić information content (AvgIpc) is 3.19. The zero-order valence-electron chi connectivity index (χ0n) is 17.6. The number of nitrogens with zero attached hydrogens (tertiary/aromatic N) is 6. The van der Waals surface area contributed by atoms with Gasteiger partial charge in [-0.05, 0) is 42.5 Å². The number of benzene rings is 1. The lowest BCUT2D eigenvalue weighted by molar-refractivity contribution is 0.334. The molecule has 9 heteroatoms. The molecule has 0 bridgehead atoms. The molecular formula is C23H22N8O. The van der Waals surface area contributed by atoms with Gasteiger partial charge in [-0.2, -0.15) is 9.78 Å². The number of para-hydroxylation sites is 1. The molecule has 1 aliphatic heterocycles. The van der Waals surface area contributed by atoms with Crippen LogP contribution in [0.2, 0.25) is 0 Å². The summed E-state index contributed by atoms with van der Waals surface area (Å²) in [4.78, 5) is 13.9. The normalized spacial score (nSPS) is 21.6. The maximum atomic E-state index is 9.50. The van der Waals surface area contributed by atoms with Crippen LogP contribution in [0.25, 0.3) is 16.6 Å². The lowest BCUT2D eigenvalue weighted by Crippen LogP contribution is -2.56. The van der Waals surface area contributed by atoms with Crippen molar-refractivity contribution in [1.29, 1.82) is 5.26 Å². The first-order valence-corrected chi connectivity index (χ1v) is 10.7. The van der Waals surface area contributed by atoms with E-state index in [0.29, 0.717) is 41.9 Å². The highest BCUT2D eigenvalue weighted by Crippen LogP contribution is 2.47. The van der Waals surface area contributed by atoms with Crippen LogP contribution in [0, 0.1) is 11.3 Å². The molecule has 0 amide bonds. The van der Waals surface area contributed by atoms with Gasteiger partial charge in [0.1, 0.15) is 16.7 Å². The molecule has 2 aliphatic rings. The molecule has 0 unspecified atom stereocenters. The first-order valence-electron chi connectivity index (χ1n) is 10.7. The number of nitrogens with two attached hydrogens (primary N) is 1. The summed E-state index contributed by atoms with van der Waals surface area (Å²) in [5.41, 5.74) is 9.14. The summed E-state index contributed by atoms with van der Waals surface area (Å²) >= 11 is 0. The Morgan fingerprint density at radius 3 is 2.69 bits per heavy atom. The van der Waals surface area contributed by atoms with Crippen molar-refractivity contribution >= 4 is 22.5 Å². The Balaban J connectivity index is 1.25. The molecule has 2 fully saturated rings. The molecule has 1 aliphatic carbocycles. The smallest absolute Gasteiger partial charge is 0.223 e. The van der Waals surface area contributed by atoms with Crippen molar-refractivity contribution in [3.63, 3.8) is 0 Å². The quantitative estimate of drug-likeness (QED) is 0.509. The van der Waals surface area contributed by atoms with Gasteiger partial charge in [0.05, 0.1) is 18.9 Å². The van der Waals surface area contributed by atoms with Gasteiger partial charge in [0.15, 0.2) is 11.5 Å². The third kappa shape index (κ3) is 2.66. The van der Waals surface area contributed by atoms with Crippen LogP contribution in [0.4, 0.5) is 5.95 Å². The SMILES string of the molecule is COc1cccc2c1nc(N)n1nc(C3CC(c4ccc(C5(C#N)CNC5)nc4)C3)nc21. The Hall–Kier alpha value is -3.77. The van der Waals surface area contributed by atoms with Gasteiger partial charge in [-0.3, -0.25) is 4.98 Å². The number of nitriles is 1. The molecule has 0 spiro atoms. The molecular weight excluding hydrogens is 404 g/mol. The third-order valence-electron chi connectivity index (χ3n) is 6.85. The maximum Gasteiger partial charge on any atom is 0.223 e. The summed E-state index contributed by atoms with van der Waals surface area (Å²) in [5.74, 6) is 2.43. The van der Waals surface area contributed by atoms with E-state index in [1.54, 1.807) is 11.6 Å². The minimum Gasteiger partial charge on any atom is -0.494 e. The standard InChI is InChI=1S/C23H22N8O/c1-32-17-4-2-3-16-19(17)28-22(25)31-21(16)29-20(30-31)15-7-14(8-15)13-5-6-18(27-9-13)23(10-24)11-26-12-23/h2-6,9,14-15,26H,7-8,11-12H2,1H3,(H2,25,28). The van der Waals surface area contributed by atoms with Crippen LogP contribution in [0.5, 0.6) is 5.75 Å². The number of hydrogen-bond donors (Lipinski definition) is 2. The largest absolute Gasteiger partial charge is 0.494 e. The van der Waals surface area contributed by atoms with E-state index in [1.165, 1.54) is 5.56 Å². The number of nitrogens with one attached hydrogen (secondary N) is 1. The van der Waals surface area contributed by atoms with E-state index >= 15 is 0 Å². The van der Waals surface area contributed by atoms with Gasteiger partial charge in [-0.1, -0.05) is 12.1 Å². The second-order valence-corrected chi connectivity index (χ2v) is 8.67. The van der Waals surface area contributed by atoms with E-state index in [9.17, 15) is 5.26 Å². The highest BCUT2D eigenvalue weighted by molar-refractivity contribution is 5.95. The lowest BCUT2D eigenvalue weighted by Gasteiger charge is -2.36.